The third-order valence-electron chi connectivity index (χ3n) is 6.28. The van der Waals surface area contributed by atoms with E-state index in [1.54, 1.807) is 9.80 Å². The summed E-state index contributed by atoms with van der Waals surface area (Å²) in [5, 5.41) is 2.65. The van der Waals surface area contributed by atoms with Crippen LogP contribution in [0, 0.1) is 0 Å². The van der Waals surface area contributed by atoms with Crippen molar-refractivity contribution in [3.63, 3.8) is 0 Å². The van der Waals surface area contributed by atoms with Crippen LogP contribution in [0.3, 0.4) is 0 Å². The molecule has 0 unspecified atom stereocenters. The first-order valence-corrected chi connectivity index (χ1v) is 11.4. The summed E-state index contributed by atoms with van der Waals surface area (Å²) in [5.74, 6) is 0.471. The van der Waals surface area contributed by atoms with Crippen LogP contribution in [0.2, 0.25) is 0 Å². The molecule has 0 atom stereocenters. The number of amides is 3. The van der Waals surface area contributed by atoms with E-state index in [0.29, 0.717) is 43.4 Å². The summed E-state index contributed by atoms with van der Waals surface area (Å²) >= 11 is 0. The van der Waals surface area contributed by atoms with Crippen molar-refractivity contribution < 1.29 is 28.6 Å². The van der Waals surface area contributed by atoms with Gasteiger partial charge in [-0.2, -0.15) is 0 Å². The van der Waals surface area contributed by atoms with Crippen LogP contribution in [0.25, 0.3) is 0 Å². The SMILES string of the molecule is COc1cc(C(=O)NCC(=O)N2CCN(C(=O)C(C)(C)c3ccccc3)CC2)cc(OC)c1OC. The van der Waals surface area contributed by atoms with Gasteiger partial charge in [0, 0.05) is 31.7 Å². The summed E-state index contributed by atoms with van der Waals surface area (Å²) in [6, 6.07) is 12.7. The lowest BCUT2D eigenvalue weighted by Crippen LogP contribution is -2.55. The number of piperazine rings is 1. The molecule has 0 saturated carbocycles. The van der Waals surface area contributed by atoms with Crippen molar-refractivity contribution in [2.45, 2.75) is 19.3 Å². The Hall–Kier alpha value is -3.75. The number of methoxy groups -OCH3 is 3. The fraction of sp³-hybridized carbons (Fsp3) is 0.423. The average Bonchev–Trinajstić information content (AvgIpc) is 2.90. The Bertz CT molecular complexity index is 1040. The zero-order valence-corrected chi connectivity index (χ0v) is 20.9. The third-order valence-corrected chi connectivity index (χ3v) is 6.28. The van der Waals surface area contributed by atoms with Gasteiger partial charge in [-0.25, -0.2) is 0 Å². The second kappa shape index (κ2) is 11.1. The number of hydrogen-bond donors (Lipinski definition) is 1. The Labute approximate surface area is 205 Å². The quantitative estimate of drug-likeness (QED) is 0.618. The maximum absolute atomic E-state index is 13.2. The predicted molar refractivity (Wildman–Crippen MR) is 131 cm³/mol. The molecule has 0 radical (unpaired) electrons. The van der Waals surface area contributed by atoms with Gasteiger partial charge < -0.3 is 29.3 Å². The number of rotatable bonds is 8. The summed E-state index contributed by atoms with van der Waals surface area (Å²) in [7, 11) is 4.41. The van der Waals surface area contributed by atoms with Crippen molar-refractivity contribution in [2.24, 2.45) is 0 Å². The molecular weight excluding hydrogens is 450 g/mol. The van der Waals surface area contributed by atoms with Crippen LogP contribution in [0.1, 0.15) is 29.8 Å². The fourth-order valence-electron chi connectivity index (χ4n) is 4.11. The molecule has 1 N–H and O–H groups in total. The molecule has 2 aromatic rings. The molecule has 0 aliphatic carbocycles. The van der Waals surface area contributed by atoms with E-state index in [0.717, 1.165) is 5.56 Å². The first kappa shape index (κ1) is 25.9. The molecular formula is C26H33N3O6. The van der Waals surface area contributed by atoms with E-state index in [4.69, 9.17) is 14.2 Å². The van der Waals surface area contributed by atoms with Gasteiger partial charge in [-0.1, -0.05) is 30.3 Å². The first-order chi connectivity index (χ1) is 16.7. The Balaban J connectivity index is 1.55. The lowest BCUT2D eigenvalue weighted by Gasteiger charge is -2.38. The number of nitrogens with zero attached hydrogens (tertiary/aromatic N) is 2. The molecule has 2 aromatic carbocycles. The third kappa shape index (κ3) is 5.67. The molecule has 188 valence electrons. The number of carbonyl (C=O) groups excluding carboxylic acids is 3. The van der Waals surface area contributed by atoms with Crippen LogP contribution < -0.4 is 19.5 Å². The minimum atomic E-state index is -0.651. The fourth-order valence-corrected chi connectivity index (χ4v) is 4.11. The van der Waals surface area contributed by atoms with E-state index in [1.807, 2.05) is 44.2 Å². The minimum Gasteiger partial charge on any atom is -0.493 e. The smallest absolute Gasteiger partial charge is 0.251 e. The lowest BCUT2D eigenvalue weighted by molar-refractivity contribution is -0.142. The second-order valence-corrected chi connectivity index (χ2v) is 8.76. The average molecular weight is 484 g/mol. The highest BCUT2D eigenvalue weighted by atomic mass is 16.5. The monoisotopic (exact) mass is 483 g/mol. The van der Waals surface area contributed by atoms with E-state index in [2.05, 4.69) is 5.32 Å². The molecule has 1 aliphatic rings. The maximum Gasteiger partial charge on any atom is 0.251 e. The molecule has 0 spiro atoms. The number of ether oxygens (including phenoxy) is 3. The lowest BCUT2D eigenvalue weighted by atomic mass is 9.83. The number of benzene rings is 2. The molecule has 3 rings (SSSR count). The van der Waals surface area contributed by atoms with Crippen LogP contribution in [0.4, 0.5) is 0 Å². The van der Waals surface area contributed by atoms with Crippen molar-refractivity contribution in [1.29, 1.82) is 0 Å². The van der Waals surface area contributed by atoms with Crippen LogP contribution >= 0.6 is 0 Å². The summed E-state index contributed by atoms with van der Waals surface area (Å²) in [4.78, 5) is 42.0. The van der Waals surface area contributed by atoms with Crippen LogP contribution in [0.5, 0.6) is 17.2 Å². The standard InChI is InChI=1S/C26H33N3O6/c1-26(2,19-9-7-6-8-10-19)25(32)29-13-11-28(12-14-29)22(30)17-27-24(31)18-15-20(33-3)23(35-5)21(16-18)34-4/h6-10,15-16H,11-14,17H2,1-5H3,(H,27,31). The first-order valence-electron chi connectivity index (χ1n) is 11.4. The predicted octanol–water partition coefficient (Wildman–Crippen LogP) is 2.09. The van der Waals surface area contributed by atoms with Crippen molar-refractivity contribution in [3.05, 3.63) is 53.6 Å². The molecule has 1 heterocycles. The summed E-state index contributed by atoms with van der Waals surface area (Å²) < 4.78 is 15.8. The van der Waals surface area contributed by atoms with Crippen LogP contribution in [0.15, 0.2) is 42.5 Å². The second-order valence-electron chi connectivity index (χ2n) is 8.76. The van der Waals surface area contributed by atoms with Gasteiger partial charge in [0.05, 0.1) is 33.3 Å². The van der Waals surface area contributed by atoms with Gasteiger partial charge in [0.25, 0.3) is 5.91 Å². The summed E-state index contributed by atoms with van der Waals surface area (Å²) in [5.41, 5.74) is 0.589. The topological polar surface area (TPSA) is 97.4 Å². The van der Waals surface area contributed by atoms with Gasteiger partial charge in [0.2, 0.25) is 17.6 Å². The van der Waals surface area contributed by atoms with Crippen LogP contribution in [-0.2, 0) is 15.0 Å². The summed E-state index contributed by atoms with van der Waals surface area (Å²) in [6.45, 7) is 5.40. The van der Waals surface area contributed by atoms with E-state index in [9.17, 15) is 14.4 Å². The van der Waals surface area contributed by atoms with E-state index < -0.39 is 11.3 Å². The van der Waals surface area contributed by atoms with E-state index in [1.165, 1.54) is 33.5 Å². The van der Waals surface area contributed by atoms with Gasteiger partial charge in [-0.3, -0.25) is 14.4 Å². The molecule has 1 fully saturated rings. The Morgan fingerprint density at radius 2 is 1.40 bits per heavy atom. The van der Waals surface area contributed by atoms with Gasteiger partial charge >= 0.3 is 0 Å². The van der Waals surface area contributed by atoms with Crippen LogP contribution in [-0.4, -0.2) is 81.6 Å². The molecule has 9 nitrogen and oxygen atoms in total. The highest BCUT2D eigenvalue weighted by Gasteiger charge is 2.35. The van der Waals surface area contributed by atoms with E-state index in [-0.39, 0.29) is 23.9 Å². The number of nitrogens with one attached hydrogen (secondary N) is 1. The van der Waals surface area contributed by atoms with Gasteiger partial charge in [0.1, 0.15) is 0 Å². The molecule has 0 bridgehead atoms. The molecule has 1 saturated heterocycles. The van der Waals surface area contributed by atoms with Gasteiger partial charge in [0.15, 0.2) is 11.5 Å². The van der Waals surface area contributed by atoms with E-state index >= 15 is 0 Å². The molecule has 9 heteroatoms. The Kier molecular flexibility index (Phi) is 8.22. The zero-order valence-electron chi connectivity index (χ0n) is 20.9. The van der Waals surface area contributed by atoms with Crippen molar-refractivity contribution >= 4 is 17.7 Å². The molecule has 0 aromatic heterocycles. The van der Waals surface area contributed by atoms with Gasteiger partial charge in [-0.15, -0.1) is 0 Å². The van der Waals surface area contributed by atoms with Gasteiger partial charge in [-0.05, 0) is 31.5 Å². The van der Waals surface area contributed by atoms with Crippen molar-refractivity contribution in [2.75, 3.05) is 54.1 Å². The zero-order chi connectivity index (χ0) is 25.6. The molecule has 35 heavy (non-hydrogen) atoms. The summed E-state index contributed by atoms with van der Waals surface area (Å²) in [6.07, 6.45) is 0. The highest BCUT2D eigenvalue weighted by molar-refractivity contribution is 5.97. The van der Waals surface area contributed by atoms with Crippen molar-refractivity contribution in [1.82, 2.24) is 15.1 Å². The highest BCUT2D eigenvalue weighted by Crippen LogP contribution is 2.38. The Morgan fingerprint density at radius 3 is 1.91 bits per heavy atom. The minimum absolute atomic E-state index is 0.0338. The number of carbonyl (C=O) groups is 3. The maximum atomic E-state index is 13.2. The molecule has 3 amide bonds. The van der Waals surface area contributed by atoms with Crippen molar-refractivity contribution in [3.8, 4) is 17.2 Å². The number of hydrogen-bond acceptors (Lipinski definition) is 6. The molecule has 1 aliphatic heterocycles. The normalized spacial score (nSPS) is 13.7. The Morgan fingerprint density at radius 1 is 0.857 bits per heavy atom. The largest absolute Gasteiger partial charge is 0.493 e.